The van der Waals surface area contributed by atoms with Gasteiger partial charge in [0.05, 0.1) is 11.8 Å². The van der Waals surface area contributed by atoms with E-state index in [1.54, 1.807) is 18.2 Å². The molecule has 1 aliphatic carbocycles. The summed E-state index contributed by atoms with van der Waals surface area (Å²) in [4.78, 5) is 15.3. The van der Waals surface area contributed by atoms with Gasteiger partial charge in [0.15, 0.2) is 5.69 Å². The van der Waals surface area contributed by atoms with Crippen LogP contribution in [0.2, 0.25) is 0 Å². The van der Waals surface area contributed by atoms with E-state index < -0.39 is 17.6 Å². The third-order valence-corrected chi connectivity index (χ3v) is 7.27. The Bertz CT molecular complexity index is 1230. The SMILES string of the molecule is CC(C)c1ccc(-n2nc(C(=O)N3CC4CCC(C3)NC4)cc2C2=CCC(C#N)C(F)=C2)c(F)c1. The molecule has 1 amide bonds. The third-order valence-electron chi connectivity index (χ3n) is 7.27. The van der Waals surface area contributed by atoms with E-state index in [2.05, 4.69) is 10.4 Å². The van der Waals surface area contributed by atoms with E-state index in [4.69, 9.17) is 5.26 Å². The molecule has 0 saturated carbocycles. The molecule has 3 atom stereocenters. The first-order valence-electron chi connectivity index (χ1n) is 12.2. The lowest BCUT2D eigenvalue weighted by atomic mass is 9.95. The standard InChI is InChI=1S/C27H29F2N5O/c1-16(2)18-6-8-25(23(29)9-18)34-26(19-4-5-20(12-30)22(28)10-19)11-24(32-34)27(35)33-14-17-3-7-21(15-33)31-13-17/h4,6,8-11,16-17,20-21,31H,3,5,7,13-15H2,1-2H3. The van der Waals surface area contributed by atoms with Gasteiger partial charge in [-0.25, -0.2) is 13.5 Å². The minimum Gasteiger partial charge on any atom is -0.335 e. The van der Waals surface area contributed by atoms with Gasteiger partial charge in [-0.3, -0.25) is 4.79 Å². The molecule has 1 aromatic heterocycles. The molecule has 182 valence electrons. The number of benzene rings is 1. The van der Waals surface area contributed by atoms with Crippen molar-refractivity contribution in [1.29, 1.82) is 5.26 Å². The van der Waals surface area contributed by atoms with Gasteiger partial charge in [-0.15, -0.1) is 0 Å². The minimum atomic E-state index is -0.835. The molecule has 1 aromatic carbocycles. The van der Waals surface area contributed by atoms with E-state index in [0.717, 1.165) is 24.9 Å². The molecule has 4 aliphatic rings. The fourth-order valence-corrected chi connectivity index (χ4v) is 5.15. The smallest absolute Gasteiger partial charge is 0.274 e. The topological polar surface area (TPSA) is 74.0 Å². The minimum absolute atomic E-state index is 0.154. The van der Waals surface area contributed by atoms with Crippen LogP contribution in [0.4, 0.5) is 8.78 Å². The van der Waals surface area contributed by atoms with E-state index in [9.17, 15) is 9.18 Å². The number of hydrogen-bond donors (Lipinski definition) is 1. The van der Waals surface area contributed by atoms with Crippen molar-refractivity contribution in [2.75, 3.05) is 19.6 Å². The van der Waals surface area contributed by atoms with Crippen LogP contribution in [0.5, 0.6) is 0 Å². The Morgan fingerprint density at radius 2 is 2.06 bits per heavy atom. The molecule has 2 aromatic rings. The predicted molar refractivity (Wildman–Crippen MR) is 129 cm³/mol. The zero-order valence-electron chi connectivity index (χ0n) is 20.0. The zero-order valence-corrected chi connectivity index (χ0v) is 20.0. The van der Waals surface area contributed by atoms with Crippen molar-refractivity contribution in [3.63, 3.8) is 0 Å². The number of aromatic nitrogens is 2. The van der Waals surface area contributed by atoms with Crippen LogP contribution < -0.4 is 5.32 Å². The average molecular weight is 478 g/mol. The van der Waals surface area contributed by atoms with E-state index in [-0.39, 0.29) is 35.7 Å². The number of nitrogens with one attached hydrogen (secondary N) is 1. The van der Waals surface area contributed by atoms with Gasteiger partial charge in [0.2, 0.25) is 0 Å². The molecule has 1 N–H and O–H groups in total. The lowest BCUT2D eigenvalue weighted by molar-refractivity contribution is 0.0742. The monoisotopic (exact) mass is 477 g/mol. The summed E-state index contributed by atoms with van der Waals surface area (Å²) in [5, 5.41) is 17.2. The number of amides is 1. The average Bonchev–Trinajstić information content (AvgIpc) is 3.05. The van der Waals surface area contributed by atoms with Crippen LogP contribution in [0.3, 0.4) is 0 Å². The second-order valence-electron chi connectivity index (χ2n) is 10.1. The summed E-state index contributed by atoms with van der Waals surface area (Å²) >= 11 is 0. The van der Waals surface area contributed by atoms with Gasteiger partial charge >= 0.3 is 0 Å². The molecule has 3 fully saturated rings. The number of halogens is 2. The largest absolute Gasteiger partial charge is 0.335 e. The third kappa shape index (κ3) is 4.53. The summed E-state index contributed by atoms with van der Waals surface area (Å²) in [7, 11) is 0. The van der Waals surface area contributed by atoms with E-state index >= 15 is 4.39 Å². The highest BCUT2D eigenvalue weighted by atomic mass is 19.1. The highest BCUT2D eigenvalue weighted by Crippen LogP contribution is 2.33. The van der Waals surface area contributed by atoms with Crippen molar-refractivity contribution >= 4 is 11.5 Å². The van der Waals surface area contributed by atoms with Gasteiger partial charge in [0, 0.05) is 19.1 Å². The number of hydrogen-bond acceptors (Lipinski definition) is 4. The molecule has 0 spiro atoms. The molecule has 6 rings (SSSR count). The Balaban J connectivity index is 1.56. The molecule has 2 bridgehead atoms. The number of piperidine rings is 1. The van der Waals surface area contributed by atoms with E-state index in [1.165, 1.54) is 16.8 Å². The summed E-state index contributed by atoms with van der Waals surface area (Å²) in [6, 6.07) is 8.78. The van der Waals surface area contributed by atoms with Gasteiger partial charge in [-0.05, 0) is 73.1 Å². The Morgan fingerprint density at radius 3 is 2.71 bits per heavy atom. The number of nitrogens with zero attached hydrogens (tertiary/aromatic N) is 4. The molecule has 0 radical (unpaired) electrons. The maximum Gasteiger partial charge on any atom is 0.274 e. The van der Waals surface area contributed by atoms with Crippen LogP contribution in [0.25, 0.3) is 11.3 Å². The van der Waals surface area contributed by atoms with Gasteiger partial charge in [-0.1, -0.05) is 26.0 Å². The first-order valence-corrected chi connectivity index (χ1v) is 12.2. The van der Waals surface area contributed by atoms with Crippen LogP contribution in [0, 0.1) is 29.0 Å². The molecule has 35 heavy (non-hydrogen) atoms. The van der Waals surface area contributed by atoms with Gasteiger partial charge in [0.1, 0.15) is 23.2 Å². The first-order chi connectivity index (χ1) is 16.8. The summed E-state index contributed by atoms with van der Waals surface area (Å²) in [6.45, 7) is 6.14. The predicted octanol–water partition coefficient (Wildman–Crippen LogP) is 4.74. The second-order valence-corrected chi connectivity index (χ2v) is 10.1. The molecular weight excluding hydrogens is 448 g/mol. The van der Waals surface area contributed by atoms with E-state index in [1.807, 2.05) is 30.9 Å². The molecule has 3 aliphatic heterocycles. The normalized spacial score (nSPS) is 24.1. The molecular formula is C27H29F2N5O. The van der Waals surface area contributed by atoms with Crippen molar-refractivity contribution in [3.8, 4) is 11.8 Å². The molecule has 3 unspecified atom stereocenters. The fourth-order valence-electron chi connectivity index (χ4n) is 5.15. The van der Waals surface area contributed by atoms with Gasteiger partial charge < -0.3 is 10.2 Å². The maximum atomic E-state index is 15.2. The van der Waals surface area contributed by atoms with Crippen LogP contribution in [-0.4, -0.2) is 46.3 Å². The Hall–Kier alpha value is -3.31. The number of nitriles is 1. The molecule has 3 saturated heterocycles. The second kappa shape index (κ2) is 9.38. The van der Waals surface area contributed by atoms with Crippen molar-refractivity contribution in [2.45, 2.75) is 45.1 Å². The van der Waals surface area contributed by atoms with E-state index in [0.29, 0.717) is 30.3 Å². The summed E-state index contributed by atoms with van der Waals surface area (Å²) in [6.07, 6.45) is 5.37. The summed E-state index contributed by atoms with van der Waals surface area (Å²) in [5.74, 6) is -1.50. The Labute approximate surface area is 203 Å². The summed E-state index contributed by atoms with van der Waals surface area (Å²) in [5.41, 5.74) is 2.14. The molecule has 4 heterocycles. The maximum absolute atomic E-state index is 15.2. The van der Waals surface area contributed by atoms with Crippen LogP contribution in [0.1, 0.15) is 60.8 Å². The van der Waals surface area contributed by atoms with Crippen molar-refractivity contribution in [2.24, 2.45) is 11.8 Å². The quantitative estimate of drug-likeness (QED) is 0.690. The highest BCUT2D eigenvalue weighted by Gasteiger charge is 2.33. The number of carbonyl (C=O) groups excluding carboxylic acids is 1. The Morgan fingerprint density at radius 1 is 1.23 bits per heavy atom. The van der Waals surface area contributed by atoms with Crippen LogP contribution in [0.15, 0.2) is 42.2 Å². The highest BCUT2D eigenvalue weighted by molar-refractivity contribution is 5.94. The van der Waals surface area contributed by atoms with Gasteiger partial charge in [0.25, 0.3) is 5.91 Å². The number of rotatable bonds is 4. The van der Waals surface area contributed by atoms with Crippen LogP contribution in [-0.2, 0) is 0 Å². The van der Waals surface area contributed by atoms with Gasteiger partial charge in [-0.2, -0.15) is 10.4 Å². The van der Waals surface area contributed by atoms with Crippen molar-refractivity contribution < 1.29 is 13.6 Å². The van der Waals surface area contributed by atoms with Crippen molar-refractivity contribution in [1.82, 2.24) is 20.0 Å². The van der Waals surface area contributed by atoms with Crippen LogP contribution >= 0.6 is 0 Å². The Kier molecular flexibility index (Phi) is 6.28. The van der Waals surface area contributed by atoms with Crippen molar-refractivity contribution in [3.05, 3.63) is 65.0 Å². The lowest BCUT2D eigenvalue weighted by Crippen LogP contribution is -2.40. The molecule has 6 nitrogen and oxygen atoms in total. The molecule has 8 heteroatoms. The first kappa shape index (κ1) is 23.4. The number of allylic oxidation sites excluding steroid dienone is 4. The fraction of sp³-hybridized carbons (Fsp3) is 0.444. The lowest BCUT2D eigenvalue weighted by Gasteiger charge is -2.22. The summed E-state index contributed by atoms with van der Waals surface area (Å²) < 4.78 is 31.2. The number of carbonyl (C=O) groups is 1. The zero-order chi connectivity index (χ0) is 24.7. The number of fused-ring (bicyclic) bond motifs is 4.